The van der Waals surface area contributed by atoms with Gasteiger partial charge in [0.2, 0.25) is 0 Å². The monoisotopic (exact) mass is 334 g/mol. The number of carbonyl (C=O) groups is 1. The smallest absolute Gasteiger partial charge is 0.197 e. The first-order valence-corrected chi connectivity index (χ1v) is 9.48. The van der Waals surface area contributed by atoms with Crippen molar-refractivity contribution in [3.8, 4) is 0 Å². The van der Waals surface area contributed by atoms with Crippen LogP contribution in [0.15, 0.2) is 11.3 Å². The van der Waals surface area contributed by atoms with Crippen molar-refractivity contribution in [2.45, 2.75) is 77.4 Å². The molecule has 4 rings (SSSR count). The van der Waals surface area contributed by atoms with Gasteiger partial charge in [0.15, 0.2) is 11.5 Å². The van der Waals surface area contributed by atoms with E-state index in [9.17, 15) is 20.1 Å². The molecule has 3 fully saturated rings. The molecule has 0 saturated heterocycles. The molecule has 0 aromatic heterocycles. The van der Waals surface area contributed by atoms with Crippen molar-refractivity contribution in [1.29, 1.82) is 0 Å². The van der Waals surface area contributed by atoms with Crippen LogP contribution in [0.3, 0.4) is 0 Å². The number of aliphatic hydroxyl groups excluding tert-OH is 2. The van der Waals surface area contributed by atoms with Crippen LogP contribution in [0.25, 0.3) is 0 Å². The summed E-state index contributed by atoms with van der Waals surface area (Å²) in [7, 11) is 0. The van der Waals surface area contributed by atoms with Gasteiger partial charge >= 0.3 is 0 Å². The van der Waals surface area contributed by atoms with E-state index < -0.39 is 11.7 Å². The number of fused-ring (bicyclic) bond motifs is 5. The number of carbonyl (C=O) groups excluding carboxylic acids is 1. The number of hydrogen-bond donors (Lipinski definition) is 3. The molecule has 4 nitrogen and oxygen atoms in total. The highest BCUT2D eigenvalue weighted by Crippen LogP contribution is 2.67. The largest absolute Gasteiger partial charge is 0.504 e. The minimum Gasteiger partial charge on any atom is -0.504 e. The van der Waals surface area contributed by atoms with Crippen molar-refractivity contribution in [3.05, 3.63) is 11.3 Å². The van der Waals surface area contributed by atoms with Gasteiger partial charge in [-0.05, 0) is 74.2 Å². The Morgan fingerprint density at radius 1 is 1.08 bits per heavy atom. The Morgan fingerprint density at radius 3 is 2.50 bits per heavy atom. The molecular formula is C20H30O4. The van der Waals surface area contributed by atoms with E-state index in [-0.39, 0.29) is 28.3 Å². The van der Waals surface area contributed by atoms with Gasteiger partial charge in [0.25, 0.3) is 0 Å². The predicted molar refractivity (Wildman–Crippen MR) is 90.3 cm³/mol. The lowest BCUT2D eigenvalue weighted by molar-refractivity contribution is -0.167. The maximum Gasteiger partial charge on any atom is 0.197 e. The summed E-state index contributed by atoms with van der Waals surface area (Å²) in [6.45, 7) is 6.22. The van der Waals surface area contributed by atoms with E-state index in [1.807, 2.05) is 6.92 Å². The highest BCUT2D eigenvalue weighted by molar-refractivity contribution is 5.95. The highest BCUT2D eigenvalue weighted by atomic mass is 16.3. The molecule has 0 unspecified atom stereocenters. The zero-order valence-electron chi connectivity index (χ0n) is 15.0. The minimum atomic E-state index is -0.717. The fraction of sp³-hybridized carbons (Fsp3) is 0.850. The Bertz CT molecular complexity index is 621. The van der Waals surface area contributed by atoms with E-state index in [1.54, 1.807) is 0 Å². The standard InChI is InChI=1S/C20H30O4/c1-18-8-7-14(21)17(23)13(18)5-4-11-12-6-9-20(3,24)19(12,2)10-15(22)16(11)18/h11-12,15-16,22-24H,4-10H2,1-3H3/t11-,12-,15-,16+,18-,19-,20-/m0/s1. The molecular weight excluding hydrogens is 304 g/mol. The molecule has 4 aliphatic rings. The number of allylic oxidation sites excluding steroid dienone is 1. The molecule has 0 aromatic carbocycles. The third kappa shape index (κ3) is 1.84. The van der Waals surface area contributed by atoms with Gasteiger partial charge in [-0.1, -0.05) is 13.8 Å². The number of Topliss-reactive ketones (excluding diaryl/α,β-unsaturated/α-hetero) is 1. The summed E-state index contributed by atoms with van der Waals surface area (Å²) in [4.78, 5) is 11.9. The maximum absolute atomic E-state index is 11.9. The summed E-state index contributed by atoms with van der Waals surface area (Å²) < 4.78 is 0. The Balaban J connectivity index is 1.77. The molecule has 3 N–H and O–H groups in total. The summed E-state index contributed by atoms with van der Waals surface area (Å²) in [5, 5.41) is 32.4. The van der Waals surface area contributed by atoms with E-state index in [0.717, 1.165) is 37.7 Å². The maximum atomic E-state index is 11.9. The molecule has 7 atom stereocenters. The second-order valence-corrected chi connectivity index (χ2v) is 9.50. The van der Waals surface area contributed by atoms with Crippen molar-refractivity contribution >= 4 is 5.78 Å². The molecule has 0 aromatic rings. The third-order valence-corrected chi connectivity index (χ3v) is 8.59. The van der Waals surface area contributed by atoms with Gasteiger partial charge < -0.3 is 15.3 Å². The molecule has 4 heteroatoms. The lowest BCUT2D eigenvalue weighted by atomic mass is 9.45. The van der Waals surface area contributed by atoms with Crippen LogP contribution in [0, 0.1) is 28.6 Å². The Labute approximate surface area is 144 Å². The zero-order chi connectivity index (χ0) is 17.5. The van der Waals surface area contributed by atoms with Gasteiger partial charge in [-0.15, -0.1) is 0 Å². The highest BCUT2D eigenvalue weighted by Gasteiger charge is 2.65. The molecule has 134 valence electrons. The first-order chi connectivity index (χ1) is 11.1. The topological polar surface area (TPSA) is 77.8 Å². The van der Waals surface area contributed by atoms with Crippen LogP contribution in [0.1, 0.15) is 65.7 Å². The Kier molecular flexibility index (Phi) is 3.35. The van der Waals surface area contributed by atoms with Gasteiger partial charge in [-0.2, -0.15) is 0 Å². The van der Waals surface area contributed by atoms with Crippen LogP contribution >= 0.6 is 0 Å². The molecule has 0 amide bonds. The minimum absolute atomic E-state index is 0.0267. The number of ketones is 1. The van der Waals surface area contributed by atoms with E-state index in [4.69, 9.17) is 0 Å². The summed E-state index contributed by atoms with van der Waals surface area (Å²) in [5.74, 6) is 0.700. The Hall–Kier alpha value is -0.870. The number of hydrogen-bond acceptors (Lipinski definition) is 4. The summed E-state index contributed by atoms with van der Waals surface area (Å²) in [6, 6.07) is 0. The third-order valence-electron chi connectivity index (χ3n) is 8.59. The summed E-state index contributed by atoms with van der Waals surface area (Å²) in [5.41, 5.74) is -0.355. The van der Waals surface area contributed by atoms with Crippen molar-refractivity contribution in [2.24, 2.45) is 28.6 Å². The van der Waals surface area contributed by atoms with Gasteiger partial charge in [0.05, 0.1) is 11.7 Å². The lowest BCUT2D eigenvalue weighted by Crippen LogP contribution is -2.59. The van der Waals surface area contributed by atoms with Crippen molar-refractivity contribution in [1.82, 2.24) is 0 Å². The van der Waals surface area contributed by atoms with Crippen LogP contribution in [-0.4, -0.2) is 32.8 Å². The fourth-order valence-corrected chi connectivity index (χ4v) is 7.04. The van der Waals surface area contributed by atoms with E-state index in [2.05, 4.69) is 13.8 Å². The average Bonchev–Trinajstić information content (AvgIpc) is 2.73. The molecule has 0 spiro atoms. The average molecular weight is 334 g/mol. The van der Waals surface area contributed by atoms with E-state index >= 15 is 0 Å². The first kappa shape index (κ1) is 16.6. The number of rotatable bonds is 0. The van der Waals surface area contributed by atoms with Gasteiger partial charge in [-0.3, -0.25) is 4.79 Å². The van der Waals surface area contributed by atoms with Crippen molar-refractivity contribution in [2.75, 3.05) is 0 Å². The van der Waals surface area contributed by atoms with Crippen LogP contribution in [-0.2, 0) is 4.79 Å². The molecule has 24 heavy (non-hydrogen) atoms. The Morgan fingerprint density at radius 2 is 1.79 bits per heavy atom. The summed E-state index contributed by atoms with van der Waals surface area (Å²) in [6.07, 6.45) is 4.69. The number of aliphatic hydroxyl groups is 3. The van der Waals surface area contributed by atoms with Gasteiger partial charge in [-0.25, -0.2) is 0 Å². The van der Waals surface area contributed by atoms with Gasteiger partial charge in [0, 0.05) is 11.8 Å². The quantitative estimate of drug-likeness (QED) is 0.636. The SMILES string of the molecule is C[C@]12CCC(=O)C(O)=C1CC[C@@H]1[C@@H]2[C@@H](O)C[C@@]2(C)[C@H]1CC[C@]2(C)O. The second-order valence-electron chi connectivity index (χ2n) is 9.50. The van der Waals surface area contributed by atoms with Crippen LogP contribution < -0.4 is 0 Å². The summed E-state index contributed by atoms with van der Waals surface area (Å²) >= 11 is 0. The van der Waals surface area contributed by atoms with E-state index in [1.165, 1.54) is 0 Å². The molecule has 0 heterocycles. The first-order valence-electron chi connectivity index (χ1n) is 9.48. The molecule has 0 radical (unpaired) electrons. The van der Waals surface area contributed by atoms with Crippen molar-refractivity contribution < 1.29 is 20.1 Å². The fourth-order valence-electron chi connectivity index (χ4n) is 7.04. The van der Waals surface area contributed by atoms with Crippen LogP contribution in [0.2, 0.25) is 0 Å². The normalized spacial score (nSPS) is 54.3. The molecule has 0 aliphatic heterocycles. The van der Waals surface area contributed by atoms with Crippen LogP contribution in [0.4, 0.5) is 0 Å². The molecule has 3 saturated carbocycles. The predicted octanol–water partition coefficient (Wildman–Crippen LogP) is 3.13. The van der Waals surface area contributed by atoms with Crippen LogP contribution in [0.5, 0.6) is 0 Å². The van der Waals surface area contributed by atoms with Crippen molar-refractivity contribution in [3.63, 3.8) is 0 Å². The zero-order valence-corrected chi connectivity index (χ0v) is 15.0. The second kappa shape index (κ2) is 4.85. The van der Waals surface area contributed by atoms with E-state index in [0.29, 0.717) is 24.7 Å². The molecule has 4 aliphatic carbocycles. The lowest BCUT2D eigenvalue weighted by Gasteiger charge is -2.60. The molecule has 0 bridgehead atoms. The van der Waals surface area contributed by atoms with Gasteiger partial charge in [0.1, 0.15) is 0 Å².